The molecule has 2 unspecified atom stereocenters. The lowest BCUT2D eigenvalue weighted by Gasteiger charge is -2.22. The second kappa shape index (κ2) is 7.03. The summed E-state index contributed by atoms with van der Waals surface area (Å²) in [5.74, 6) is 0. The molecule has 1 aromatic carbocycles. The number of hydrogen-bond donors (Lipinski definition) is 3. The number of nitro benzene ring substituents is 1. The fourth-order valence-corrected chi connectivity index (χ4v) is 2.52. The fourth-order valence-electron chi connectivity index (χ4n) is 2.52. The zero-order chi connectivity index (χ0) is 15.2. The first-order chi connectivity index (χ1) is 10.1. The molecule has 1 aromatic rings. The van der Waals surface area contributed by atoms with Crippen molar-refractivity contribution in [3.8, 4) is 0 Å². The van der Waals surface area contributed by atoms with Crippen molar-refractivity contribution in [2.75, 3.05) is 5.32 Å². The standard InChI is InChI=1S/C14H20N4O3/c15-12-4-2-1-3-5-13(12)17-14(19)16-10-6-8-11(9-7-10)18(20)21/h6-9,12-13H,1-5,15H2,(H2,16,17,19). The zero-order valence-corrected chi connectivity index (χ0v) is 11.7. The van der Waals surface area contributed by atoms with Gasteiger partial charge in [-0.15, -0.1) is 0 Å². The Morgan fingerprint density at radius 3 is 2.52 bits per heavy atom. The number of rotatable bonds is 3. The number of nitrogens with two attached hydrogens (primary N) is 1. The zero-order valence-electron chi connectivity index (χ0n) is 11.7. The number of anilines is 1. The van der Waals surface area contributed by atoms with Crippen LogP contribution in [-0.4, -0.2) is 23.0 Å². The number of carbonyl (C=O) groups is 1. The summed E-state index contributed by atoms with van der Waals surface area (Å²) in [7, 11) is 0. The minimum absolute atomic E-state index is 0.00764. The van der Waals surface area contributed by atoms with E-state index in [1.807, 2.05) is 0 Å². The van der Waals surface area contributed by atoms with Gasteiger partial charge in [-0.1, -0.05) is 19.3 Å². The monoisotopic (exact) mass is 292 g/mol. The van der Waals surface area contributed by atoms with Gasteiger partial charge in [-0.3, -0.25) is 10.1 Å². The van der Waals surface area contributed by atoms with Gasteiger partial charge in [0.2, 0.25) is 0 Å². The summed E-state index contributed by atoms with van der Waals surface area (Å²) in [6, 6.07) is 5.35. The lowest BCUT2D eigenvalue weighted by molar-refractivity contribution is -0.384. The van der Waals surface area contributed by atoms with Crippen molar-refractivity contribution in [3.63, 3.8) is 0 Å². The molecule has 0 aromatic heterocycles. The molecule has 21 heavy (non-hydrogen) atoms. The highest BCUT2D eigenvalue weighted by molar-refractivity contribution is 5.89. The van der Waals surface area contributed by atoms with Gasteiger partial charge in [0.25, 0.3) is 5.69 Å². The summed E-state index contributed by atoms with van der Waals surface area (Å²) >= 11 is 0. The number of nitrogens with zero attached hydrogens (tertiary/aromatic N) is 1. The first-order valence-electron chi connectivity index (χ1n) is 7.14. The molecule has 1 aliphatic rings. The molecule has 7 heteroatoms. The van der Waals surface area contributed by atoms with E-state index in [-0.39, 0.29) is 23.8 Å². The number of amides is 2. The smallest absolute Gasteiger partial charge is 0.319 e. The molecule has 0 saturated heterocycles. The lowest BCUT2D eigenvalue weighted by atomic mass is 10.0. The molecule has 0 spiro atoms. The Morgan fingerprint density at radius 2 is 1.86 bits per heavy atom. The molecule has 2 rings (SSSR count). The molecule has 0 radical (unpaired) electrons. The molecule has 0 bridgehead atoms. The number of benzene rings is 1. The Hall–Kier alpha value is -2.15. The quantitative estimate of drug-likeness (QED) is 0.451. The van der Waals surface area contributed by atoms with E-state index in [9.17, 15) is 14.9 Å². The third-order valence-corrected chi connectivity index (χ3v) is 3.72. The van der Waals surface area contributed by atoms with Crippen molar-refractivity contribution < 1.29 is 9.72 Å². The molecule has 2 amide bonds. The number of urea groups is 1. The predicted molar refractivity (Wildman–Crippen MR) is 80.1 cm³/mol. The van der Waals surface area contributed by atoms with Crippen LogP contribution < -0.4 is 16.4 Å². The molecule has 0 heterocycles. The van der Waals surface area contributed by atoms with Crippen molar-refractivity contribution in [2.24, 2.45) is 5.73 Å². The Balaban J connectivity index is 1.90. The second-order valence-corrected chi connectivity index (χ2v) is 5.31. The summed E-state index contributed by atoms with van der Waals surface area (Å²) in [6.07, 6.45) is 5.12. The van der Waals surface area contributed by atoms with Crippen LogP contribution in [0.5, 0.6) is 0 Å². The average Bonchev–Trinajstić information content (AvgIpc) is 2.65. The number of hydrogen-bond acceptors (Lipinski definition) is 4. The van der Waals surface area contributed by atoms with Gasteiger partial charge in [0.05, 0.1) is 4.92 Å². The van der Waals surface area contributed by atoms with Crippen LogP contribution in [0.3, 0.4) is 0 Å². The summed E-state index contributed by atoms with van der Waals surface area (Å²) in [6.45, 7) is 0. The molecular weight excluding hydrogens is 272 g/mol. The highest BCUT2D eigenvalue weighted by atomic mass is 16.6. The van der Waals surface area contributed by atoms with Gasteiger partial charge < -0.3 is 16.4 Å². The van der Waals surface area contributed by atoms with Gasteiger partial charge in [-0.25, -0.2) is 4.79 Å². The first kappa shape index (κ1) is 15.2. The average molecular weight is 292 g/mol. The fraction of sp³-hybridized carbons (Fsp3) is 0.500. The maximum absolute atomic E-state index is 11.9. The van der Waals surface area contributed by atoms with E-state index in [2.05, 4.69) is 10.6 Å². The molecule has 4 N–H and O–H groups in total. The summed E-state index contributed by atoms with van der Waals surface area (Å²) < 4.78 is 0. The Labute approximate surface area is 123 Å². The number of carbonyl (C=O) groups excluding carboxylic acids is 1. The third kappa shape index (κ3) is 4.42. The normalized spacial score (nSPS) is 22.1. The minimum Gasteiger partial charge on any atom is -0.334 e. The number of nitrogens with one attached hydrogen (secondary N) is 2. The lowest BCUT2D eigenvalue weighted by Crippen LogP contribution is -2.48. The van der Waals surface area contributed by atoms with Crippen LogP contribution in [0.1, 0.15) is 32.1 Å². The van der Waals surface area contributed by atoms with Crippen molar-refractivity contribution in [1.82, 2.24) is 5.32 Å². The Kier molecular flexibility index (Phi) is 5.10. The minimum atomic E-state index is -0.478. The van der Waals surface area contributed by atoms with E-state index in [0.717, 1.165) is 32.1 Å². The molecular formula is C14H20N4O3. The molecule has 0 aliphatic heterocycles. The van der Waals surface area contributed by atoms with E-state index in [1.54, 1.807) is 0 Å². The van der Waals surface area contributed by atoms with Crippen LogP contribution in [0, 0.1) is 10.1 Å². The molecule has 1 saturated carbocycles. The number of non-ortho nitro benzene ring substituents is 1. The van der Waals surface area contributed by atoms with E-state index >= 15 is 0 Å². The molecule has 1 aliphatic carbocycles. The van der Waals surface area contributed by atoms with E-state index < -0.39 is 4.92 Å². The van der Waals surface area contributed by atoms with Crippen molar-refractivity contribution in [1.29, 1.82) is 0 Å². The van der Waals surface area contributed by atoms with Crippen LogP contribution in [0.2, 0.25) is 0 Å². The second-order valence-electron chi connectivity index (χ2n) is 5.31. The van der Waals surface area contributed by atoms with Gasteiger partial charge in [0.15, 0.2) is 0 Å². The molecule has 2 atom stereocenters. The highest BCUT2D eigenvalue weighted by Crippen LogP contribution is 2.18. The van der Waals surface area contributed by atoms with Crippen LogP contribution >= 0.6 is 0 Å². The Bertz CT molecular complexity index is 503. The van der Waals surface area contributed by atoms with E-state index in [1.165, 1.54) is 24.3 Å². The summed E-state index contributed by atoms with van der Waals surface area (Å²) in [5, 5.41) is 16.1. The van der Waals surface area contributed by atoms with Crippen LogP contribution in [-0.2, 0) is 0 Å². The number of nitro groups is 1. The predicted octanol–water partition coefficient (Wildman–Crippen LogP) is 2.38. The maximum Gasteiger partial charge on any atom is 0.319 e. The van der Waals surface area contributed by atoms with E-state index in [0.29, 0.717) is 5.69 Å². The van der Waals surface area contributed by atoms with Gasteiger partial charge in [0, 0.05) is 29.9 Å². The van der Waals surface area contributed by atoms with Crippen molar-refractivity contribution >= 4 is 17.4 Å². The maximum atomic E-state index is 11.9. The van der Waals surface area contributed by atoms with E-state index in [4.69, 9.17) is 5.73 Å². The third-order valence-electron chi connectivity index (χ3n) is 3.72. The molecule has 1 fully saturated rings. The summed E-state index contributed by atoms with van der Waals surface area (Å²) in [5.41, 5.74) is 6.56. The van der Waals surface area contributed by atoms with Crippen molar-refractivity contribution in [3.05, 3.63) is 34.4 Å². The first-order valence-corrected chi connectivity index (χ1v) is 7.14. The van der Waals surface area contributed by atoms with Crippen molar-refractivity contribution in [2.45, 2.75) is 44.2 Å². The topological polar surface area (TPSA) is 110 Å². The van der Waals surface area contributed by atoms with Gasteiger partial charge in [-0.2, -0.15) is 0 Å². The summed E-state index contributed by atoms with van der Waals surface area (Å²) in [4.78, 5) is 22.0. The largest absolute Gasteiger partial charge is 0.334 e. The van der Waals surface area contributed by atoms with Gasteiger partial charge in [0.1, 0.15) is 0 Å². The highest BCUT2D eigenvalue weighted by Gasteiger charge is 2.22. The van der Waals surface area contributed by atoms with Crippen LogP contribution in [0.4, 0.5) is 16.2 Å². The molecule has 7 nitrogen and oxygen atoms in total. The van der Waals surface area contributed by atoms with Crippen LogP contribution in [0.15, 0.2) is 24.3 Å². The SMILES string of the molecule is NC1CCCCCC1NC(=O)Nc1ccc([N+](=O)[O-])cc1. The van der Waals surface area contributed by atoms with Gasteiger partial charge >= 0.3 is 6.03 Å². The Morgan fingerprint density at radius 1 is 1.19 bits per heavy atom. The van der Waals surface area contributed by atoms with Crippen LogP contribution in [0.25, 0.3) is 0 Å². The van der Waals surface area contributed by atoms with Gasteiger partial charge in [-0.05, 0) is 25.0 Å². The molecule has 114 valence electrons.